The Kier molecular flexibility index (Phi) is 4.12. The predicted molar refractivity (Wildman–Crippen MR) is 110 cm³/mol. The first-order valence-electron chi connectivity index (χ1n) is 10.5. The van der Waals surface area contributed by atoms with Gasteiger partial charge in [0.2, 0.25) is 5.89 Å². The van der Waals surface area contributed by atoms with Gasteiger partial charge in [-0.25, -0.2) is 0 Å². The van der Waals surface area contributed by atoms with Crippen LogP contribution in [0, 0.1) is 17.8 Å². The topological polar surface area (TPSA) is 61.3 Å². The Labute approximate surface area is 178 Å². The molecule has 0 spiro atoms. The van der Waals surface area contributed by atoms with E-state index in [-0.39, 0.29) is 5.41 Å². The summed E-state index contributed by atoms with van der Waals surface area (Å²) in [7, 11) is 0. The van der Waals surface area contributed by atoms with Gasteiger partial charge in [0, 0.05) is 5.41 Å². The van der Waals surface area contributed by atoms with Gasteiger partial charge in [-0.1, -0.05) is 12.1 Å². The molecule has 4 aliphatic carbocycles. The third-order valence-electron chi connectivity index (χ3n) is 7.00. The normalized spacial score (nSPS) is 30.0. The van der Waals surface area contributed by atoms with Crippen LogP contribution in [-0.4, -0.2) is 10.2 Å². The van der Waals surface area contributed by atoms with E-state index in [0.717, 1.165) is 39.6 Å². The second-order valence-corrected chi connectivity index (χ2v) is 9.95. The fourth-order valence-corrected chi connectivity index (χ4v) is 6.59. The van der Waals surface area contributed by atoms with Crippen LogP contribution in [-0.2, 0) is 12.0 Å². The van der Waals surface area contributed by atoms with Crippen molar-refractivity contribution in [1.82, 2.24) is 10.2 Å². The first-order valence-corrected chi connectivity index (χ1v) is 11.3. The molecule has 0 radical (unpaired) electrons. The van der Waals surface area contributed by atoms with Crippen molar-refractivity contribution in [2.24, 2.45) is 17.8 Å². The molecule has 2 aromatic heterocycles. The number of benzene rings is 1. The van der Waals surface area contributed by atoms with Crippen LogP contribution in [0.3, 0.4) is 0 Å². The number of hydrogen-bond donors (Lipinski definition) is 0. The van der Waals surface area contributed by atoms with Crippen molar-refractivity contribution in [1.29, 1.82) is 0 Å². The fraction of sp³-hybridized carbons (Fsp3) is 0.478. The van der Waals surface area contributed by atoms with Gasteiger partial charge in [0.1, 0.15) is 18.1 Å². The van der Waals surface area contributed by atoms with Crippen molar-refractivity contribution >= 4 is 15.9 Å². The van der Waals surface area contributed by atoms with Crippen LogP contribution in [0.15, 0.2) is 49.7 Å². The molecule has 5 nitrogen and oxygen atoms in total. The molecule has 4 fully saturated rings. The molecule has 4 saturated carbocycles. The van der Waals surface area contributed by atoms with Gasteiger partial charge >= 0.3 is 0 Å². The quantitative estimate of drug-likeness (QED) is 0.463. The molecular weight excluding hydrogens is 432 g/mol. The zero-order valence-corrected chi connectivity index (χ0v) is 17.7. The molecule has 150 valence electrons. The minimum atomic E-state index is 0.109. The summed E-state index contributed by atoms with van der Waals surface area (Å²) < 4.78 is 18.9. The van der Waals surface area contributed by atoms with Gasteiger partial charge < -0.3 is 13.6 Å². The Bertz CT molecular complexity index is 1000. The molecule has 4 bridgehead atoms. The lowest BCUT2D eigenvalue weighted by atomic mass is 9.49. The molecule has 1 aromatic carbocycles. The minimum Gasteiger partial charge on any atom is -0.484 e. The largest absolute Gasteiger partial charge is 0.484 e. The van der Waals surface area contributed by atoms with Crippen molar-refractivity contribution in [3.05, 3.63) is 52.5 Å². The summed E-state index contributed by atoms with van der Waals surface area (Å²) in [6, 6.07) is 11.6. The second-order valence-electron chi connectivity index (χ2n) is 9.10. The predicted octanol–water partition coefficient (Wildman–Crippen LogP) is 6.14. The molecule has 0 saturated heterocycles. The molecule has 2 heterocycles. The van der Waals surface area contributed by atoms with Gasteiger partial charge in [-0.05, 0) is 96.5 Å². The molecule has 0 aliphatic heterocycles. The van der Waals surface area contributed by atoms with Crippen LogP contribution in [0.5, 0.6) is 5.75 Å². The Morgan fingerprint density at radius 2 is 1.66 bits per heavy atom. The lowest BCUT2D eigenvalue weighted by Crippen LogP contribution is -2.48. The molecule has 0 unspecified atom stereocenters. The summed E-state index contributed by atoms with van der Waals surface area (Å²) >= 11 is 3.49. The third-order valence-corrected chi connectivity index (χ3v) is 7.65. The van der Waals surface area contributed by atoms with Crippen LogP contribution in [0.25, 0.3) is 11.7 Å². The summed E-state index contributed by atoms with van der Waals surface area (Å²) in [6.07, 6.45) is 7.84. The number of hydrogen-bond acceptors (Lipinski definition) is 5. The average molecular weight is 455 g/mol. The number of furan rings is 1. The lowest BCUT2D eigenvalue weighted by Gasteiger charge is -2.55. The molecule has 29 heavy (non-hydrogen) atoms. The summed E-state index contributed by atoms with van der Waals surface area (Å²) in [5, 5.41) is 8.81. The molecular formula is C23H23BrN2O3. The smallest absolute Gasteiger partial charge is 0.283 e. The molecule has 4 aliphatic rings. The molecule has 0 atom stereocenters. The second kappa shape index (κ2) is 6.73. The highest BCUT2D eigenvalue weighted by Gasteiger charge is 2.54. The highest BCUT2D eigenvalue weighted by molar-refractivity contribution is 9.10. The van der Waals surface area contributed by atoms with Crippen LogP contribution < -0.4 is 4.74 Å². The van der Waals surface area contributed by atoms with E-state index in [4.69, 9.17) is 13.6 Å². The summed E-state index contributed by atoms with van der Waals surface area (Å²) in [5.41, 5.74) is 0.109. The Morgan fingerprint density at radius 3 is 2.38 bits per heavy atom. The van der Waals surface area contributed by atoms with E-state index in [9.17, 15) is 0 Å². The van der Waals surface area contributed by atoms with Gasteiger partial charge in [-0.2, -0.15) is 0 Å². The van der Waals surface area contributed by atoms with Gasteiger partial charge in [-0.15, -0.1) is 10.2 Å². The minimum absolute atomic E-state index is 0.109. The van der Waals surface area contributed by atoms with Crippen molar-refractivity contribution in [3.63, 3.8) is 0 Å². The number of ether oxygens (including phenoxy) is 1. The summed E-state index contributed by atoms with van der Waals surface area (Å²) in [6.45, 7) is 0.346. The number of halogens is 1. The average Bonchev–Trinajstić information content (AvgIpc) is 3.36. The van der Waals surface area contributed by atoms with Gasteiger partial charge in [0.25, 0.3) is 5.89 Å². The van der Waals surface area contributed by atoms with E-state index >= 15 is 0 Å². The fourth-order valence-electron chi connectivity index (χ4n) is 6.19. The van der Waals surface area contributed by atoms with Crippen molar-refractivity contribution < 1.29 is 13.6 Å². The van der Waals surface area contributed by atoms with Gasteiger partial charge in [-0.3, -0.25) is 0 Å². The standard InChI is InChI=1S/C23H23BrN2O3/c24-18-3-1-2-4-19(18)27-13-17-5-6-20(28-17)21-25-26-22(29-21)23-10-14-7-15(11-23)9-16(8-14)12-23/h1-6,14-16H,7-13H2. The van der Waals surface area contributed by atoms with Crippen molar-refractivity contribution in [3.8, 4) is 17.4 Å². The SMILES string of the molecule is Brc1ccccc1OCc1ccc(-c2nnc(C34CC5CC(CC(C5)C3)C4)o2)o1. The number of para-hydroxylation sites is 1. The Balaban J connectivity index is 1.19. The van der Waals surface area contributed by atoms with E-state index in [1.807, 2.05) is 36.4 Å². The van der Waals surface area contributed by atoms with Crippen LogP contribution in [0.4, 0.5) is 0 Å². The van der Waals surface area contributed by atoms with Crippen LogP contribution >= 0.6 is 15.9 Å². The number of aromatic nitrogens is 2. The monoisotopic (exact) mass is 454 g/mol. The van der Waals surface area contributed by atoms with E-state index in [1.165, 1.54) is 38.5 Å². The third kappa shape index (κ3) is 3.12. The maximum absolute atomic E-state index is 6.19. The Morgan fingerprint density at radius 1 is 0.931 bits per heavy atom. The van der Waals surface area contributed by atoms with Crippen molar-refractivity contribution in [2.45, 2.75) is 50.5 Å². The van der Waals surface area contributed by atoms with E-state index in [0.29, 0.717) is 18.3 Å². The van der Waals surface area contributed by atoms with Crippen molar-refractivity contribution in [2.75, 3.05) is 0 Å². The molecule has 7 rings (SSSR count). The zero-order valence-electron chi connectivity index (χ0n) is 16.1. The van der Waals surface area contributed by atoms with Gasteiger partial charge in [0.05, 0.1) is 4.47 Å². The number of rotatable bonds is 5. The number of nitrogens with zero attached hydrogens (tertiary/aromatic N) is 2. The van der Waals surface area contributed by atoms with Crippen LogP contribution in [0.1, 0.15) is 50.2 Å². The molecule has 0 amide bonds. The van der Waals surface area contributed by atoms with E-state index in [2.05, 4.69) is 26.1 Å². The first kappa shape index (κ1) is 17.8. The van der Waals surface area contributed by atoms with E-state index in [1.54, 1.807) is 0 Å². The highest BCUT2D eigenvalue weighted by atomic mass is 79.9. The Hall–Kier alpha value is -2.08. The maximum atomic E-state index is 6.19. The first-order chi connectivity index (χ1) is 14.2. The molecule has 6 heteroatoms. The van der Waals surface area contributed by atoms with Gasteiger partial charge in [0.15, 0.2) is 5.76 Å². The summed E-state index contributed by atoms with van der Waals surface area (Å²) in [4.78, 5) is 0. The highest BCUT2D eigenvalue weighted by Crippen LogP contribution is 2.60. The van der Waals surface area contributed by atoms with Crippen LogP contribution in [0.2, 0.25) is 0 Å². The molecule has 3 aromatic rings. The maximum Gasteiger partial charge on any atom is 0.283 e. The lowest BCUT2D eigenvalue weighted by molar-refractivity contribution is -0.0176. The molecule has 0 N–H and O–H groups in total. The summed E-state index contributed by atoms with van der Waals surface area (Å²) in [5.74, 6) is 5.97. The zero-order chi connectivity index (χ0) is 19.4. The van der Waals surface area contributed by atoms with E-state index < -0.39 is 0 Å².